The second-order valence-electron chi connectivity index (χ2n) is 3.97. The summed E-state index contributed by atoms with van der Waals surface area (Å²) in [5.74, 6) is -0.776. The van der Waals surface area contributed by atoms with Crippen molar-refractivity contribution in [1.82, 2.24) is 9.38 Å². The van der Waals surface area contributed by atoms with Crippen molar-refractivity contribution in [3.8, 4) is 0 Å². The largest absolute Gasteiger partial charge is 0.481 e. The van der Waals surface area contributed by atoms with Gasteiger partial charge < -0.3 is 9.51 Å². The molecule has 0 spiro atoms. The van der Waals surface area contributed by atoms with Crippen LogP contribution >= 0.6 is 0 Å². The van der Waals surface area contributed by atoms with Crippen molar-refractivity contribution in [2.45, 2.75) is 26.7 Å². The van der Waals surface area contributed by atoms with Crippen LogP contribution in [0.25, 0.3) is 5.65 Å². The van der Waals surface area contributed by atoms with Gasteiger partial charge in [0.2, 0.25) is 0 Å². The van der Waals surface area contributed by atoms with Crippen LogP contribution < -0.4 is 0 Å². The van der Waals surface area contributed by atoms with E-state index in [0.29, 0.717) is 6.42 Å². The van der Waals surface area contributed by atoms with Crippen molar-refractivity contribution in [1.29, 1.82) is 0 Å². The van der Waals surface area contributed by atoms with E-state index in [2.05, 4.69) is 4.98 Å². The Morgan fingerprint density at radius 1 is 1.50 bits per heavy atom. The fourth-order valence-electron chi connectivity index (χ4n) is 1.84. The quantitative estimate of drug-likeness (QED) is 0.856. The van der Waals surface area contributed by atoms with E-state index in [-0.39, 0.29) is 6.42 Å². The van der Waals surface area contributed by atoms with Crippen LogP contribution in [0.15, 0.2) is 18.3 Å². The molecule has 0 aliphatic carbocycles. The highest BCUT2D eigenvalue weighted by molar-refractivity contribution is 5.67. The summed E-state index contributed by atoms with van der Waals surface area (Å²) in [6.45, 7) is 3.93. The number of hydrogen-bond donors (Lipinski definition) is 1. The smallest absolute Gasteiger partial charge is 0.303 e. The van der Waals surface area contributed by atoms with E-state index in [1.54, 1.807) is 0 Å². The molecule has 0 saturated heterocycles. The Balaban J connectivity index is 2.43. The molecule has 2 rings (SSSR count). The lowest BCUT2D eigenvalue weighted by molar-refractivity contribution is -0.136. The van der Waals surface area contributed by atoms with Gasteiger partial charge in [0.05, 0.1) is 12.1 Å². The van der Waals surface area contributed by atoms with Crippen molar-refractivity contribution in [2.75, 3.05) is 0 Å². The Hall–Kier alpha value is -1.84. The van der Waals surface area contributed by atoms with E-state index in [1.807, 2.05) is 36.6 Å². The standard InChI is InChI=1S/C12H14N2O2/c1-8-5-6-14-10(3-4-12(15)16)9(2)13-11(14)7-8/h5-7H,3-4H2,1-2H3,(H,15,16). The molecule has 0 radical (unpaired) electrons. The number of pyridine rings is 1. The first kappa shape index (κ1) is 10.7. The zero-order valence-corrected chi connectivity index (χ0v) is 9.40. The molecule has 2 aromatic heterocycles. The van der Waals surface area contributed by atoms with E-state index < -0.39 is 5.97 Å². The van der Waals surface area contributed by atoms with Gasteiger partial charge in [0.1, 0.15) is 5.65 Å². The number of nitrogens with zero attached hydrogens (tertiary/aromatic N) is 2. The molecule has 4 heteroatoms. The van der Waals surface area contributed by atoms with Crippen molar-refractivity contribution >= 4 is 11.6 Å². The van der Waals surface area contributed by atoms with Crippen molar-refractivity contribution in [3.63, 3.8) is 0 Å². The molecule has 0 aromatic carbocycles. The number of carbonyl (C=O) groups is 1. The fourth-order valence-corrected chi connectivity index (χ4v) is 1.84. The second-order valence-corrected chi connectivity index (χ2v) is 3.97. The van der Waals surface area contributed by atoms with E-state index in [1.165, 1.54) is 0 Å². The maximum atomic E-state index is 10.6. The van der Waals surface area contributed by atoms with Gasteiger partial charge in [-0.1, -0.05) is 0 Å². The predicted octanol–water partition coefficient (Wildman–Crippen LogP) is 1.97. The van der Waals surface area contributed by atoms with Crippen LogP contribution in [0.5, 0.6) is 0 Å². The molecule has 0 unspecified atom stereocenters. The number of hydrogen-bond acceptors (Lipinski definition) is 2. The number of aryl methyl sites for hydroxylation is 3. The molecule has 0 bridgehead atoms. The lowest BCUT2D eigenvalue weighted by atomic mass is 10.2. The van der Waals surface area contributed by atoms with Crippen LogP contribution in [-0.2, 0) is 11.2 Å². The number of aromatic nitrogens is 2. The van der Waals surface area contributed by atoms with Gasteiger partial charge in [0, 0.05) is 18.3 Å². The van der Waals surface area contributed by atoms with E-state index >= 15 is 0 Å². The third-order valence-electron chi connectivity index (χ3n) is 2.66. The lowest BCUT2D eigenvalue weighted by Crippen LogP contribution is -2.01. The van der Waals surface area contributed by atoms with Crippen LogP contribution in [-0.4, -0.2) is 20.5 Å². The third-order valence-corrected chi connectivity index (χ3v) is 2.66. The molecule has 0 amide bonds. The summed E-state index contributed by atoms with van der Waals surface area (Å²) in [6, 6.07) is 4.00. The average Bonchev–Trinajstić information content (AvgIpc) is 2.50. The first-order valence-electron chi connectivity index (χ1n) is 5.24. The minimum Gasteiger partial charge on any atom is -0.481 e. The molecule has 4 nitrogen and oxygen atoms in total. The molecule has 84 valence electrons. The Bertz CT molecular complexity index is 543. The van der Waals surface area contributed by atoms with Gasteiger partial charge in [0.25, 0.3) is 0 Å². The first-order chi connectivity index (χ1) is 7.58. The van der Waals surface area contributed by atoms with Gasteiger partial charge in [-0.25, -0.2) is 4.98 Å². The topological polar surface area (TPSA) is 54.6 Å². The van der Waals surface area contributed by atoms with Gasteiger partial charge in [0.15, 0.2) is 0 Å². The van der Waals surface area contributed by atoms with Crippen LogP contribution in [0.4, 0.5) is 0 Å². The fraction of sp³-hybridized carbons (Fsp3) is 0.333. The van der Waals surface area contributed by atoms with E-state index in [4.69, 9.17) is 5.11 Å². The van der Waals surface area contributed by atoms with Gasteiger partial charge >= 0.3 is 5.97 Å². The van der Waals surface area contributed by atoms with Gasteiger partial charge in [-0.3, -0.25) is 4.79 Å². The summed E-state index contributed by atoms with van der Waals surface area (Å²) < 4.78 is 1.96. The normalized spacial score (nSPS) is 10.9. The Labute approximate surface area is 93.5 Å². The van der Waals surface area contributed by atoms with Crippen molar-refractivity contribution in [2.24, 2.45) is 0 Å². The molecular formula is C12H14N2O2. The van der Waals surface area contributed by atoms with E-state index in [9.17, 15) is 4.79 Å². The number of fused-ring (bicyclic) bond motifs is 1. The zero-order chi connectivity index (χ0) is 11.7. The number of carboxylic acids is 1. The summed E-state index contributed by atoms with van der Waals surface area (Å²) in [6.07, 6.45) is 2.61. The molecule has 0 atom stereocenters. The highest BCUT2D eigenvalue weighted by Gasteiger charge is 2.09. The molecule has 16 heavy (non-hydrogen) atoms. The molecule has 0 aliphatic heterocycles. The third kappa shape index (κ3) is 1.91. The maximum absolute atomic E-state index is 10.6. The molecule has 0 aliphatic rings. The minimum atomic E-state index is -0.776. The number of aliphatic carboxylic acids is 1. The van der Waals surface area contributed by atoms with Crippen LogP contribution in [0.1, 0.15) is 23.4 Å². The van der Waals surface area contributed by atoms with Crippen LogP contribution in [0.3, 0.4) is 0 Å². The summed E-state index contributed by atoms with van der Waals surface area (Å²) >= 11 is 0. The molecule has 0 fully saturated rings. The van der Waals surface area contributed by atoms with E-state index in [0.717, 1.165) is 22.6 Å². The van der Waals surface area contributed by atoms with Crippen LogP contribution in [0.2, 0.25) is 0 Å². The predicted molar refractivity (Wildman–Crippen MR) is 60.6 cm³/mol. The minimum absolute atomic E-state index is 0.141. The van der Waals surface area contributed by atoms with Gasteiger partial charge in [-0.15, -0.1) is 0 Å². The number of rotatable bonds is 3. The average molecular weight is 218 g/mol. The highest BCUT2D eigenvalue weighted by atomic mass is 16.4. The monoisotopic (exact) mass is 218 g/mol. The number of carboxylic acid groups (broad SMARTS) is 1. The Kier molecular flexibility index (Phi) is 2.64. The van der Waals surface area contributed by atoms with Crippen molar-refractivity contribution in [3.05, 3.63) is 35.3 Å². The zero-order valence-electron chi connectivity index (χ0n) is 9.40. The summed E-state index contributed by atoms with van der Waals surface area (Å²) in [5, 5.41) is 8.69. The van der Waals surface area contributed by atoms with Gasteiger partial charge in [-0.05, 0) is 31.5 Å². The number of imidazole rings is 1. The molecule has 1 N–H and O–H groups in total. The molecule has 2 aromatic rings. The molecular weight excluding hydrogens is 204 g/mol. The summed E-state index contributed by atoms with van der Waals surface area (Å²) in [7, 11) is 0. The summed E-state index contributed by atoms with van der Waals surface area (Å²) in [5.41, 5.74) is 3.93. The second kappa shape index (κ2) is 3.96. The van der Waals surface area contributed by atoms with Crippen LogP contribution in [0, 0.1) is 13.8 Å². The summed E-state index contributed by atoms with van der Waals surface area (Å²) in [4.78, 5) is 15.0. The van der Waals surface area contributed by atoms with Gasteiger partial charge in [-0.2, -0.15) is 0 Å². The maximum Gasteiger partial charge on any atom is 0.303 e. The Morgan fingerprint density at radius 2 is 2.25 bits per heavy atom. The first-order valence-corrected chi connectivity index (χ1v) is 5.24. The molecule has 0 saturated carbocycles. The lowest BCUT2D eigenvalue weighted by Gasteiger charge is -2.01. The molecule has 2 heterocycles. The van der Waals surface area contributed by atoms with Crippen molar-refractivity contribution < 1.29 is 9.90 Å². The Morgan fingerprint density at radius 3 is 2.94 bits per heavy atom. The highest BCUT2D eigenvalue weighted by Crippen LogP contribution is 2.15. The SMILES string of the molecule is Cc1ccn2c(CCC(=O)O)c(C)nc2c1.